The van der Waals surface area contributed by atoms with E-state index in [4.69, 9.17) is 14.2 Å². The highest BCUT2D eigenvalue weighted by atomic mass is 16.5. The standard InChI is InChI=1S/C27H24N2O5/c1-18-11-7-8-12-19(18)17-34-22-16-10-9-15-21(22)24-23(26(30)32-2)25(27(31)33-3)29(28-24)20-13-5-4-6-14-20/h4-16H,17H2,1-3H3. The molecule has 0 unspecified atom stereocenters. The molecule has 0 aliphatic heterocycles. The Kier molecular flexibility index (Phi) is 6.73. The van der Waals surface area contributed by atoms with Crippen LogP contribution in [0.1, 0.15) is 32.0 Å². The summed E-state index contributed by atoms with van der Waals surface area (Å²) in [5.41, 5.74) is 3.53. The van der Waals surface area contributed by atoms with Gasteiger partial charge in [-0.1, -0.05) is 54.6 Å². The average Bonchev–Trinajstić information content (AvgIpc) is 3.28. The quantitative estimate of drug-likeness (QED) is 0.364. The maximum absolute atomic E-state index is 12.9. The van der Waals surface area contributed by atoms with Gasteiger partial charge in [0, 0.05) is 5.56 Å². The summed E-state index contributed by atoms with van der Waals surface area (Å²) in [4.78, 5) is 25.7. The zero-order chi connectivity index (χ0) is 24.1. The van der Waals surface area contributed by atoms with Crippen molar-refractivity contribution in [3.63, 3.8) is 0 Å². The number of carbonyl (C=O) groups is 2. The molecule has 172 valence electrons. The van der Waals surface area contributed by atoms with Crippen LogP contribution >= 0.6 is 0 Å². The molecule has 0 spiro atoms. The molecule has 7 nitrogen and oxygen atoms in total. The number of nitrogens with zero attached hydrogens (tertiary/aromatic N) is 2. The van der Waals surface area contributed by atoms with E-state index < -0.39 is 11.9 Å². The molecule has 0 radical (unpaired) electrons. The number of carbonyl (C=O) groups excluding carboxylic acids is 2. The molecule has 7 heteroatoms. The number of aryl methyl sites for hydroxylation is 1. The third kappa shape index (κ3) is 4.41. The van der Waals surface area contributed by atoms with Crippen molar-refractivity contribution in [1.29, 1.82) is 0 Å². The molecule has 0 fully saturated rings. The number of benzene rings is 3. The fraction of sp³-hybridized carbons (Fsp3) is 0.148. The lowest BCUT2D eigenvalue weighted by Crippen LogP contribution is -2.15. The molecule has 0 aliphatic rings. The molecule has 0 saturated carbocycles. The Morgan fingerprint density at radius 3 is 2.18 bits per heavy atom. The number of hydrogen-bond acceptors (Lipinski definition) is 6. The molecule has 34 heavy (non-hydrogen) atoms. The van der Waals surface area contributed by atoms with Crippen LogP contribution in [-0.4, -0.2) is 35.9 Å². The van der Waals surface area contributed by atoms with E-state index in [1.54, 1.807) is 24.3 Å². The predicted octanol–water partition coefficient (Wildman–Crippen LogP) is 5.00. The molecular formula is C27H24N2O5. The Morgan fingerprint density at radius 2 is 1.47 bits per heavy atom. The first-order valence-electron chi connectivity index (χ1n) is 10.7. The number of esters is 2. The Bertz CT molecular complexity index is 1330. The third-order valence-corrected chi connectivity index (χ3v) is 5.44. The molecule has 4 rings (SSSR count). The van der Waals surface area contributed by atoms with E-state index in [9.17, 15) is 9.59 Å². The lowest BCUT2D eigenvalue weighted by molar-refractivity contribution is 0.0549. The van der Waals surface area contributed by atoms with E-state index in [0.29, 0.717) is 23.6 Å². The van der Waals surface area contributed by atoms with Crippen LogP contribution in [-0.2, 0) is 16.1 Å². The molecule has 0 N–H and O–H groups in total. The Labute approximate surface area is 197 Å². The fourth-order valence-electron chi connectivity index (χ4n) is 3.66. The molecule has 0 bridgehead atoms. The van der Waals surface area contributed by atoms with Crippen LogP contribution in [0.4, 0.5) is 0 Å². The minimum Gasteiger partial charge on any atom is -0.488 e. The first-order chi connectivity index (χ1) is 16.5. The van der Waals surface area contributed by atoms with Crippen LogP contribution in [0, 0.1) is 6.92 Å². The van der Waals surface area contributed by atoms with Gasteiger partial charge in [-0.25, -0.2) is 14.3 Å². The first-order valence-corrected chi connectivity index (χ1v) is 10.7. The van der Waals surface area contributed by atoms with E-state index in [-0.39, 0.29) is 17.0 Å². The summed E-state index contributed by atoms with van der Waals surface area (Å²) < 4.78 is 17.6. The summed E-state index contributed by atoms with van der Waals surface area (Å²) in [7, 11) is 2.51. The van der Waals surface area contributed by atoms with E-state index in [0.717, 1.165) is 11.1 Å². The fourth-order valence-corrected chi connectivity index (χ4v) is 3.66. The number of rotatable bonds is 7. The van der Waals surface area contributed by atoms with Gasteiger partial charge in [-0.15, -0.1) is 0 Å². The van der Waals surface area contributed by atoms with Crippen molar-refractivity contribution < 1.29 is 23.8 Å². The average molecular weight is 456 g/mol. The van der Waals surface area contributed by atoms with Gasteiger partial charge in [-0.3, -0.25) is 0 Å². The van der Waals surface area contributed by atoms with Crippen LogP contribution in [0.3, 0.4) is 0 Å². The van der Waals surface area contributed by atoms with Crippen molar-refractivity contribution in [2.75, 3.05) is 14.2 Å². The normalized spacial score (nSPS) is 10.6. The van der Waals surface area contributed by atoms with Gasteiger partial charge in [-0.05, 0) is 42.3 Å². The summed E-state index contributed by atoms with van der Waals surface area (Å²) in [6.45, 7) is 2.35. The van der Waals surface area contributed by atoms with Gasteiger partial charge in [0.05, 0.1) is 19.9 Å². The van der Waals surface area contributed by atoms with Crippen LogP contribution in [0.5, 0.6) is 5.75 Å². The molecule has 1 aromatic heterocycles. The van der Waals surface area contributed by atoms with Crippen LogP contribution in [0.2, 0.25) is 0 Å². The second kappa shape index (κ2) is 10.0. The number of aromatic nitrogens is 2. The van der Waals surface area contributed by atoms with Crippen molar-refractivity contribution in [3.05, 3.63) is 101 Å². The predicted molar refractivity (Wildman–Crippen MR) is 127 cm³/mol. The highest BCUT2D eigenvalue weighted by Gasteiger charge is 2.32. The van der Waals surface area contributed by atoms with Gasteiger partial charge in [0.25, 0.3) is 0 Å². The number of para-hydroxylation sites is 2. The highest BCUT2D eigenvalue weighted by molar-refractivity contribution is 6.07. The lowest BCUT2D eigenvalue weighted by Gasteiger charge is -2.12. The van der Waals surface area contributed by atoms with Gasteiger partial charge in [0.1, 0.15) is 23.6 Å². The lowest BCUT2D eigenvalue weighted by atomic mass is 10.0. The van der Waals surface area contributed by atoms with Crippen molar-refractivity contribution >= 4 is 11.9 Å². The molecule has 0 amide bonds. The summed E-state index contributed by atoms with van der Waals surface area (Å²) in [5.74, 6) is -0.891. The van der Waals surface area contributed by atoms with Gasteiger partial charge >= 0.3 is 11.9 Å². The van der Waals surface area contributed by atoms with Crippen molar-refractivity contribution in [2.45, 2.75) is 13.5 Å². The molecule has 3 aromatic carbocycles. The van der Waals surface area contributed by atoms with Crippen molar-refractivity contribution in [1.82, 2.24) is 9.78 Å². The van der Waals surface area contributed by atoms with Crippen molar-refractivity contribution in [2.24, 2.45) is 0 Å². The van der Waals surface area contributed by atoms with Gasteiger partial charge in [0.2, 0.25) is 0 Å². The minimum atomic E-state index is -0.707. The van der Waals surface area contributed by atoms with Gasteiger partial charge < -0.3 is 14.2 Å². The largest absolute Gasteiger partial charge is 0.488 e. The molecule has 1 heterocycles. The van der Waals surface area contributed by atoms with Crippen LogP contribution in [0.25, 0.3) is 16.9 Å². The topological polar surface area (TPSA) is 79.7 Å². The Balaban J connectivity index is 1.88. The Morgan fingerprint density at radius 1 is 0.824 bits per heavy atom. The van der Waals surface area contributed by atoms with E-state index in [1.807, 2.05) is 61.5 Å². The monoisotopic (exact) mass is 456 g/mol. The zero-order valence-electron chi connectivity index (χ0n) is 19.1. The second-order valence-electron chi connectivity index (χ2n) is 7.51. The van der Waals surface area contributed by atoms with Gasteiger partial charge in [0.15, 0.2) is 5.69 Å². The second-order valence-corrected chi connectivity index (χ2v) is 7.51. The van der Waals surface area contributed by atoms with Crippen LogP contribution in [0.15, 0.2) is 78.9 Å². The Hall–Kier alpha value is -4.39. The van der Waals surface area contributed by atoms with E-state index in [1.165, 1.54) is 18.9 Å². The number of methoxy groups -OCH3 is 2. The third-order valence-electron chi connectivity index (χ3n) is 5.44. The molecule has 0 aliphatic carbocycles. The van der Waals surface area contributed by atoms with Gasteiger partial charge in [-0.2, -0.15) is 5.10 Å². The van der Waals surface area contributed by atoms with Crippen molar-refractivity contribution in [3.8, 4) is 22.7 Å². The van der Waals surface area contributed by atoms with Crippen LogP contribution < -0.4 is 4.74 Å². The number of ether oxygens (including phenoxy) is 3. The minimum absolute atomic E-state index is 0.00476. The zero-order valence-corrected chi connectivity index (χ0v) is 19.1. The smallest absolute Gasteiger partial charge is 0.357 e. The summed E-state index contributed by atoms with van der Waals surface area (Å²) in [6, 6.07) is 24.2. The first kappa shape index (κ1) is 22.8. The summed E-state index contributed by atoms with van der Waals surface area (Å²) in [5, 5.41) is 4.66. The maximum Gasteiger partial charge on any atom is 0.357 e. The molecule has 0 atom stereocenters. The highest BCUT2D eigenvalue weighted by Crippen LogP contribution is 2.35. The SMILES string of the molecule is COC(=O)c1c(-c2ccccc2OCc2ccccc2C)nn(-c2ccccc2)c1C(=O)OC. The number of hydrogen-bond donors (Lipinski definition) is 0. The maximum atomic E-state index is 12.9. The molecular weight excluding hydrogens is 432 g/mol. The van der Waals surface area contributed by atoms with E-state index >= 15 is 0 Å². The summed E-state index contributed by atoms with van der Waals surface area (Å²) in [6.07, 6.45) is 0. The van der Waals surface area contributed by atoms with E-state index in [2.05, 4.69) is 5.10 Å². The summed E-state index contributed by atoms with van der Waals surface area (Å²) >= 11 is 0. The molecule has 4 aromatic rings. The molecule has 0 saturated heterocycles.